The lowest BCUT2D eigenvalue weighted by molar-refractivity contribution is 0.623. The van der Waals surface area contributed by atoms with Gasteiger partial charge in [0.1, 0.15) is 5.82 Å². The smallest absolute Gasteiger partial charge is 0.123 e. The average molecular weight is 263 g/mol. The van der Waals surface area contributed by atoms with Gasteiger partial charge in [-0.25, -0.2) is 4.39 Å². The third-order valence-electron chi connectivity index (χ3n) is 3.14. The van der Waals surface area contributed by atoms with Gasteiger partial charge in [0.2, 0.25) is 0 Å². The number of rotatable bonds is 5. The topological polar surface area (TPSA) is 26.0 Å². The summed E-state index contributed by atoms with van der Waals surface area (Å²) >= 11 is 1.84. The molecule has 0 saturated carbocycles. The van der Waals surface area contributed by atoms with Gasteiger partial charge >= 0.3 is 0 Å². The van der Waals surface area contributed by atoms with Gasteiger partial charge in [0.25, 0.3) is 0 Å². The standard InChI is InChI=1S/C15H18FNS/c1-2-14-7-8-15(18-14)9-12(10-17)11-3-5-13(16)6-4-11/h3-8,12H,2,9-10,17H2,1H3. The lowest BCUT2D eigenvalue weighted by Gasteiger charge is -2.14. The fourth-order valence-corrected chi connectivity index (χ4v) is 3.07. The Morgan fingerprint density at radius 1 is 1.11 bits per heavy atom. The Kier molecular flexibility index (Phi) is 4.50. The second kappa shape index (κ2) is 6.12. The summed E-state index contributed by atoms with van der Waals surface area (Å²) in [6, 6.07) is 11.0. The van der Waals surface area contributed by atoms with Gasteiger partial charge in [0.15, 0.2) is 0 Å². The Labute approximate surface area is 111 Å². The lowest BCUT2D eigenvalue weighted by atomic mass is 9.95. The van der Waals surface area contributed by atoms with E-state index in [-0.39, 0.29) is 11.7 Å². The fourth-order valence-electron chi connectivity index (χ4n) is 2.04. The summed E-state index contributed by atoms with van der Waals surface area (Å²) in [4.78, 5) is 2.76. The van der Waals surface area contributed by atoms with Crippen molar-refractivity contribution in [1.29, 1.82) is 0 Å². The molecule has 2 aromatic rings. The van der Waals surface area contributed by atoms with Gasteiger partial charge in [-0.15, -0.1) is 11.3 Å². The maximum Gasteiger partial charge on any atom is 0.123 e. The van der Waals surface area contributed by atoms with E-state index in [1.54, 1.807) is 0 Å². The average Bonchev–Trinajstić information content (AvgIpc) is 2.85. The van der Waals surface area contributed by atoms with Gasteiger partial charge in [-0.05, 0) is 49.2 Å². The van der Waals surface area contributed by atoms with Crippen molar-refractivity contribution in [1.82, 2.24) is 0 Å². The van der Waals surface area contributed by atoms with Crippen molar-refractivity contribution >= 4 is 11.3 Å². The quantitative estimate of drug-likeness (QED) is 0.874. The molecule has 1 unspecified atom stereocenters. The van der Waals surface area contributed by atoms with Gasteiger partial charge in [-0.1, -0.05) is 19.1 Å². The Morgan fingerprint density at radius 3 is 2.33 bits per heavy atom. The van der Waals surface area contributed by atoms with E-state index in [9.17, 15) is 4.39 Å². The Hall–Kier alpha value is -1.19. The molecule has 2 N–H and O–H groups in total. The zero-order valence-electron chi connectivity index (χ0n) is 10.5. The normalized spacial score (nSPS) is 12.6. The summed E-state index contributed by atoms with van der Waals surface area (Å²) in [7, 11) is 0. The second-order valence-electron chi connectivity index (χ2n) is 4.41. The molecule has 0 amide bonds. The molecule has 2 rings (SSSR count). The van der Waals surface area contributed by atoms with Crippen LogP contribution >= 0.6 is 11.3 Å². The van der Waals surface area contributed by atoms with Crippen LogP contribution in [-0.2, 0) is 12.8 Å². The third-order valence-corrected chi connectivity index (χ3v) is 4.39. The van der Waals surface area contributed by atoms with Gasteiger partial charge in [-0.2, -0.15) is 0 Å². The number of hydrogen-bond donors (Lipinski definition) is 1. The van der Waals surface area contributed by atoms with Crippen LogP contribution in [0, 0.1) is 5.82 Å². The number of thiophene rings is 1. The zero-order valence-corrected chi connectivity index (χ0v) is 11.3. The highest BCUT2D eigenvalue weighted by atomic mass is 32.1. The Morgan fingerprint density at radius 2 is 1.78 bits per heavy atom. The molecule has 96 valence electrons. The Bertz CT molecular complexity index is 489. The van der Waals surface area contributed by atoms with E-state index in [2.05, 4.69) is 19.1 Å². The van der Waals surface area contributed by atoms with Crippen LogP contribution in [0.15, 0.2) is 36.4 Å². The Balaban J connectivity index is 2.11. The van der Waals surface area contributed by atoms with Crippen LogP contribution in [0.25, 0.3) is 0 Å². The summed E-state index contributed by atoms with van der Waals surface area (Å²) in [6.45, 7) is 2.75. The summed E-state index contributed by atoms with van der Waals surface area (Å²) in [5.74, 6) is 0.0767. The van der Waals surface area contributed by atoms with Crippen LogP contribution in [0.3, 0.4) is 0 Å². The number of nitrogens with two attached hydrogens (primary N) is 1. The fraction of sp³-hybridized carbons (Fsp3) is 0.333. The molecular weight excluding hydrogens is 245 g/mol. The molecule has 3 heteroatoms. The summed E-state index contributed by atoms with van der Waals surface area (Å²) in [6.07, 6.45) is 2.02. The van der Waals surface area contributed by atoms with Gasteiger partial charge in [-0.3, -0.25) is 0 Å². The van der Waals surface area contributed by atoms with Crippen LogP contribution in [-0.4, -0.2) is 6.54 Å². The minimum absolute atomic E-state index is 0.195. The molecule has 0 fully saturated rings. The molecule has 0 aliphatic rings. The molecule has 0 aliphatic heterocycles. The molecule has 1 aromatic heterocycles. The first-order chi connectivity index (χ1) is 8.72. The summed E-state index contributed by atoms with van der Waals surface area (Å²) < 4.78 is 12.9. The molecular formula is C15H18FNS. The molecule has 0 radical (unpaired) electrons. The molecule has 0 bridgehead atoms. The minimum Gasteiger partial charge on any atom is -0.330 e. The first-order valence-electron chi connectivity index (χ1n) is 6.26. The van der Waals surface area contributed by atoms with Crippen LogP contribution in [0.2, 0.25) is 0 Å². The van der Waals surface area contributed by atoms with Crippen LogP contribution in [0.5, 0.6) is 0 Å². The monoisotopic (exact) mass is 263 g/mol. The second-order valence-corrected chi connectivity index (χ2v) is 5.66. The van der Waals surface area contributed by atoms with E-state index < -0.39 is 0 Å². The maximum absolute atomic E-state index is 12.9. The van der Waals surface area contributed by atoms with Crippen molar-refractivity contribution in [2.45, 2.75) is 25.7 Å². The van der Waals surface area contributed by atoms with E-state index in [0.29, 0.717) is 6.54 Å². The minimum atomic E-state index is -0.195. The van der Waals surface area contributed by atoms with E-state index in [4.69, 9.17) is 5.73 Å². The van der Waals surface area contributed by atoms with Crippen LogP contribution < -0.4 is 5.73 Å². The molecule has 18 heavy (non-hydrogen) atoms. The van der Waals surface area contributed by atoms with E-state index >= 15 is 0 Å². The van der Waals surface area contributed by atoms with E-state index in [1.807, 2.05) is 23.5 Å². The largest absolute Gasteiger partial charge is 0.330 e. The summed E-state index contributed by atoms with van der Waals surface area (Å²) in [5.41, 5.74) is 6.96. The van der Waals surface area contributed by atoms with E-state index in [0.717, 1.165) is 18.4 Å². The molecule has 1 aromatic carbocycles. The highest BCUT2D eigenvalue weighted by molar-refractivity contribution is 7.11. The molecule has 1 nitrogen and oxygen atoms in total. The number of hydrogen-bond acceptors (Lipinski definition) is 2. The first kappa shape index (κ1) is 13.2. The molecule has 0 spiro atoms. The van der Waals surface area contributed by atoms with Crippen molar-refractivity contribution in [3.63, 3.8) is 0 Å². The number of aryl methyl sites for hydroxylation is 1. The zero-order chi connectivity index (χ0) is 13.0. The van der Waals surface area contributed by atoms with Gasteiger partial charge < -0.3 is 5.73 Å². The first-order valence-corrected chi connectivity index (χ1v) is 7.07. The maximum atomic E-state index is 12.9. The molecule has 1 heterocycles. The van der Waals surface area contributed by atoms with Crippen LogP contribution in [0.1, 0.15) is 28.2 Å². The molecule has 1 atom stereocenters. The van der Waals surface area contributed by atoms with Gasteiger partial charge in [0, 0.05) is 15.7 Å². The lowest BCUT2D eigenvalue weighted by Crippen LogP contribution is -2.14. The predicted octanol–water partition coefficient (Wildman–Crippen LogP) is 3.73. The van der Waals surface area contributed by atoms with Crippen molar-refractivity contribution in [3.8, 4) is 0 Å². The van der Waals surface area contributed by atoms with Crippen molar-refractivity contribution in [2.75, 3.05) is 6.54 Å². The molecule has 0 aliphatic carbocycles. The van der Waals surface area contributed by atoms with Crippen molar-refractivity contribution < 1.29 is 4.39 Å². The number of benzene rings is 1. The molecule has 0 saturated heterocycles. The van der Waals surface area contributed by atoms with Crippen molar-refractivity contribution in [3.05, 3.63) is 57.5 Å². The van der Waals surface area contributed by atoms with Crippen LogP contribution in [0.4, 0.5) is 4.39 Å². The van der Waals surface area contributed by atoms with Crippen molar-refractivity contribution in [2.24, 2.45) is 5.73 Å². The van der Waals surface area contributed by atoms with Gasteiger partial charge in [0.05, 0.1) is 0 Å². The number of halogens is 1. The highest BCUT2D eigenvalue weighted by Gasteiger charge is 2.12. The van der Waals surface area contributed by atoms with E-state index in [1.165, 1.54) is 21.9 Å². The predicted molar refractivity (Wildman–Crippen MR) is 75.6 cm³/mol. The summed E-state index contributed by atoms with van der Waals surface area (Å²) in [5, 5.41) is 0. The highest BCUT2D eigenvalue weighted by Crippen LogP contribution is 2.25. The SMILES string of the molecule is CCc1ccc(CC(CN)c2ccc(F)cc2)s1. The third kappa shape index (κ3) is 3.18.